The fourth-order valence-corrected chi connectivity index (χ4v) is 2.80. The van der Waals surface area contributed by atoms with Crippen molar-refractivity contribution in [1.29, 1.82) is 0 Å². The summed E-state index contributed by atoms with van der Waals surface area (Å²) in [5, 5.41) is 9.14. The average Bonchev–Trinajstić information content (AvgIpc) is 2.67. The maximum Gasteiger partial charge on any atom is 0.319 e. The first-order chi connectivity index (χ1) is 13.5. The number of pyridine rings is 1. The molecule has 28 heavy (non-hydrogen) atoms. The first kappa shape index (κ1) is 19.1. The van der Waals surface area contributed by atoms with Crippen LogP contribution in [0.25, 0.3) is 10.9 Å². The molecule has 3 rings (SSSR count). The van der Waals surface area contributed by atoms with Crippen LogP contribution in [0.3, 0.4) is 0 Å². The maximum atomic E-state index is 12.7. The van der Waals surface area contributed by atoms with Crippen molar-refractivity contribution in [2.45, 2.75) is 13.8 Å². The zero-order valence-electron chi connectivity index (χ0n) is 15.9. The molecule has 0 spiro atoms. The molecule has 0 saturated heterocycles. The molecule has 1 heterocycles. The Morgan fingerprint density at radius 2 is 1.68 bits per heavy atom. The molecular formula is C22H22N4O2. The molecule has 0 saturated carbocycles. The van der Waals surface area contributed by atoms with Gasteiger partial charge in [-0.3, -0.25) is 9.78 Å². The third-order valence-electron chi connectivity index (χ3n) is 4.21. The van der Waals surface area contributed by atoms with E-state index < -0.39 is 0 Å². The number of amides is 3. The Hall–Kier alpha value is -3.67. The van der Waals surface area contributed by atoms with Crippen molar-refractivity contribution in [3.63, 3.8) is 0 Å². The summed E-state index contributed by atoms with van der Waals surface area (Å²) in [4.78, 5) is 28.9. The number of benzene rings is 2. The number of fused-ring (bicyclic) bond motifs is 1. The van der Waals surface area contributed by atoms with Crippen molar-refractivity contribution in [3.8, 4) is 0 Å². The average molecular weight is 374 g/mol. The van der Waals surface area contributed by atoms with E-state index >= 15 is 0 Å². The van der Waals surface area contributed by atoms with Gasteiger partial charge in [0.05, 0.1) is 16.8 Å². The Morgan fingerprint density at radius 3 is 2.36 bits per heavy atom. The van der Waals surface area contributed by atoms with Gasteiger partial charge in [-0.15, -0.1) is 6.58 Å². The van der Waals surface area contributed by atoms with Crippen LogP contribution in [-0.4, -0.2) is 23.5 Å². The van der Waals surface area contributed by atoms with E-state index in [9.17, 15) is 9.59 Å². The number of aryl methyl sites for hydroxylation is 2. The number of carbonyl (C=O) groups is 2. The van der Waals surface area contributed by atoms with Crippen molar-refractivity contribution in [2.75, 3.05) is 17.2 Å². The van der Waals surface area contributed by atoms with Gasteiger partial charge in [0.1, 0.15) is 0 Å². The van der Waals surface area contributed by atoms with Gasteiger partial charge in [0.25, 0.3) is 5.91 Å². The second kappa shape index (κ2) is 8.35. The Balaban J connectivity index is 1.72. The molecule has 3 N–H and O–H groups in total. The van der Waals surface area contributed by atoms with Crippen molar-refractivity contribution >= 4 is 34.2 Å². The summed E-state index contributed by atoms with van der Waals surface area (Å²) in [6.45, 7) is 7.76. The summed E-state index contributed by atoms with van der Waals surface area (Å²) in [6.07, 6.45) is 1.60. The largest absolute Gasteiger partial charge is 0.334 e. The molecule has 3 amide bonds. The van der Waals surface area contributed by atoms with Gasteiger partial charge in [-0.25, -0.2) is 4.79 Å². The highest BCUT2D eigenvalue weighted by Crippen LogP contribution is 2.20. The maximum absolute atomic E-state index is 12.7. The first-order valence-electron chi connectivity index (χ1n) is 8.91. The molecule has 3 aromatic rings. The summed E-state index contributed by atoms with van der Waals surface area (Å²) in [7, 11) is 0. The zero-order valence-corrected chi connectivity index (χ0v) is 15.9. The van der Waals surface area contributed by atoms with Gasteiger partial charge in [-0.05, 0) is 56.3 Å². The van der Waals surface area contributed by atoms with Crippen LogP contribution in [0.5, 0.6) is 0 Å². The van der Waals surface area contributed by atoms with Crippen LogP contribution in [0, 0.1) is 13.8 Å². The number of hydrogen-bond donors (Lipinski definition) is 3. The predicted molar refractivity (Wildman–Crippen MR) is 113 cm³/mol. The van der Waals surface area contributed by atoms with Crippen LogP contribution in [0.15, 0.2) is 61.2 Å². The van der Waals surface area contributed by atoms with Gasteiger partial charge >= 0.3 is 6.03 Å². The minimum atomic E-state index is -0.315. The molecule has 6 heteroatoms. The van der Waals surface area contributed by atoms with E-state index in [2.05, 4.69) is 27.5 Å². The highest BCUT2D eigenvalue weighted by atomic mass is 16.2. The summed E-state index contributed by atoms with van der Waals surface area (Å²) >= 11 is 0. The lowest BCUT2D eigenvalue weighted by molar-refractivity contribution is 0.102. The number of anilines is 2. The van der Waals surface area contributed by atoms with E-state index in [0.29, 0.717) is 29.2 Å². The lowest BCUT2D eigenvalue weighted by atomic mass is 10.1. The zero-order chi connectivity index (χ0) is 20.1. The third-order valence-corrected chi connectivity index (χ3v) is 4.21. The van der Waals surface area contributed by atoms with Crippen molar-refractivity contribution in [2.24, 2.45) is 0 Å². The summed E-state index contributed by atoms with van der Waals surface area (Å²) < 4.78 is 0. The predicted octanol–water partition coefficient (Wildman–Crippen LogP) is 4.41. The number of hydrogen-bond acceptors (Lipinski definition) is 3. The van der Waals surface area contributed by atoms with Crippen LogP contribution < -0.4 is 16.0 Å². The van der Waals surface area contributed by atoms with E-state index in [1.807, 2.05) is 38.1 Å². The number of rotatable bonds is 5. The molecule has 0 bridgehead atoms. The van der Waals surface area contributed by atoms with Crippen LogP contribution in [0.1, 0.15) is 21.6 Å². The van der Waals surface area contributed by atoms with E-state index in [1.54, 1.807) is 30.3 Å². The Morgan fingerprint density at radius 1 is 1.00 bits per heavy atom. The number of urea groups is 1. The summed E-state index contributed by atoms with van der Waals surface area (Å²) in [5.41, 5.74) is 4.44. The second-order valence-corrected chi connectivity index (χ2v) is 6.47. The quantitative estimate of drug-likeness (QED) is 0.579. The van der Waals surface area contributed by atoms with Crippen molar-refractivity contribution < 1.29 is 9.59 Å². The minimum absolute atomic E-state index is 0.224. The van der Waals surface area contributed by atoms with Gasteiger partial charge in [-0.1, -0.05) is 17.7 Å². The monoisotopic (exact) mass is 374 g/mol. The highest BCUT2D eigenvalue weighted by Gasteiger charge is 2.12. The second-order valence-electron chi connectivity index (χ2n) is 6.47. The van der Waals surface area contributed by atoms with Gasteiger partial charge in [0.2, 0.25) is 0 Å². The van der Waals surface area contributed by atoms with E-state index in [0.717, 1.165) is 16.5 Å². The van der Waals surface area contributed by atoms with Gasteiger partial charge in [0, 0.05) is 23.3 Å². The smallest absolute Gasteiger partial charge is 0.319 e. The molecule has 0 fully saturated rings. The van der Waals surface area contributed by atoms with Gasteiger partial charge in [0.15, 0.2) is 0 Å². The Labute approximate surface area is 163 Å². The molecule has 142 valence electrons. The Kier molecular flexibility index (Phi) is 5.69. The van der Waals surface area contributed by atoms with Gasteiger partial charge in [-0.2, -0.15) is 0 Å². The molecule has 2 aromatic carbocycles. The van der Waals surface area contributed by atoms with E-state index in [1.165, 1.54) is 0 Å². The normalized spacial score (nSPS) is 10.4. The molecule has 0 aliphatic carbocycles. The van der Waals surface area contributed by atoms with E-state index in [4.69, 9.17) is 0 Å². The SMILES string of the molecule is C=CCNC(=O)Nc1ccc(NC(=O)c2cc3cc(C)ccc3nc2C)cc1. The Bertz CT molecular complexity index is 1040. The fourth-order valence-electron chi connectivity index (χ4n) is 2.80. The molecule has 0 atom stereocenters. The lowest BCUT2D eigenvalue weighted by Gasteiger charge is -2.10. The number of nitrogens with zero attached hydrogens (tertiary/aromatic N) is 1. The first-order valence-corrected chi connectivity index (χ1v) is 8.91. The fraction of sp³-hybridized carbons (Fsp3) is 0.136. The topological polar surface area (TPSA) is 83.1 Å². The van der Waals surface area contributed by atoms with E-state index in [-0.39, 0.29) is 11.9 Å². The highest BCUT2D eigenvalue weighted by molar-refractivity contribution is 6.07. The standard InChI is InChI=1S/C22H22N4O2/c1-4-11-23-22(28)26-18-8-6-17(7-9-18)25-21(27)19-13-16-12-14(2)5-10-20(16)24-15(19)3/h4-10,12-13H,1,11H2,2-3H3,(H,25,27)(H2,23,26,28). The molecule has 6 nitrogen and oxygen atoms in total. The molecule has 0 unspecified atom stereocenters. The minimum Gasteiger partial charge on any atom is -0.334 e. The van der Waals surface area contributed by atoms with Crippen LogP contribution in [-0.2, 0) is 0 Å². The van der Waals surface area contributed by atoms with Gasteiger partial charge < -0.3 is 16.0 Å². The number of nitrogens with one attached hydrogen (secondary N) is 3. The van der Waals surface area contributed by atoms with Crippen molar-refractivity contribution in [3.05, 3.63) is 78.0 Å². The summed E-state index contributed by atoms with van der Waals surface area (Å²) in [6, 6.07) is 14.4. The van der Waals surface area contributed by atoms with Crippen LogP contribution in [0.4, 0.5) is 16.2 Å². The molecule has 0 radical (unpaired) electrons. The lowest BCUT2D eigenvalue weighted by Crippen LogP contribution is -2.28. The van der Waals surface area contributed by atoms with Crippen molar-refractivity contribution in [1.82, 2.24) is 10.3 Å². The molecular weight excluding hydrogens is 352 g/mol. The third kappa shape index (κ3) is 4.54. The molecule has 0 aliphatic heterocycles. The van der Waals surface area contributed by atoms with Crippen LogP contribution >= 0.6 is 0 Å². The molecule has 1 aromatic heterocycles. The van der Waals surface area contributed by atoms with Crippen LogP contribution in [0.2, 0.25) is 0 Å². The number of aromatic nitrogens is 1. The molecule has 0 aliphatic rings. The number of carbonyl (C=O) groups excluding carboxylic acids is 2. The summed E-state index contributed by atoms with van der Waals surface area (Å²) in [5.74, 6) is -0.224.